The number of anilines is 1. The molecule has 2 aromatic carbocycles. The van der Waals surface area contributed by atoms with E-state index in [1.54, 1.807) is 0 Å². The summed E-state index contributed by atoms with van der Waals surface area (Å²) >= 11 is 6.67. The Balaban J connectivity index is 1.80. The quantitative estimate of drug-likeness (QED) is 0.284. The highest BCUT2D eigenvalue weighted by molar-refractivity contribution is 6.30. The normalized spacial score (nSPS) is 15.1. The molecule has 5 rings (SSSR count). The molecule has 2 N–H and O–H groups in total. The Morgan fingerprint density at radius 2 is 1.89 bits per heavy atom. The Labute approximate surface area is 213 Å². The smallest absolute Gasteiger partial charge is 0.344 e. The van der Waals surface area contributed by atoms with Crippen LogP contribution in [0.3, 0.4) is 0 Å². The number of nitrogens with two attached hydrogens (primary N) is 1. The van der Waals surface area contributed by atoms with Crippen LogP contribution in [0.25, 0.3) is 21.9 Å². The Hall–Kier alpha value is -4.02. The van der Waals surface area contributed by atoms with Crippen LogP contribution >= 0.6 is 11.6 Å². The summed E-state index contributed by atoms with van der Waals surface area (Å²) in [4.78, 5) is 20.2. The first kappa shape index (κ1) is 23.7. The van der Waals surface area contributed by atoms with Crippen LogP contribution in [0, 0.1) is 25.2 Å². The number of ether oxygens (including phenoxy) is 1. The largest absolute Gasteiger partial charge is 0.439 e. The van der Waals surface area contributed by atoms with Gasteiger partial charge in [0.1, 0.15) is 22.4 Å². The van der Waals surface area contributed by atoms with Gasteiger partial charge in [-0.15, -0.1) is 0 Å². The summed E-state index contributed by atoms with van der Waals surface area (Å²) in [6, 6.07) is 13.6. The average Bonchev–Trinajstić information content (AvgIpc) is 2.83. The zero-order valence-corrected chi connectivity index (χ0v) is 21.2. The molecule has 0 radical (unpaired) electrons. The summed E-state index contributed by atoms with van der Waals surface area (Å²) in [7, 11) is 0. The molecule has 7 nitrogen and oxygen atoms in total. The average molecular weight is 501 g/mol. The first-order chi connectivity index (χ1) is 17.3. The van der Waals surface area contributed by atoms with Crippen LogP contribution in [0.5, 0.6) is 5.75 Å². The number of benzene rings is 2. The van der Waals surface area contributed by atoms with Crippen LogP contribution in [-0.4, -0.2) is 18.1 Å². The van der Waals surface area contributed by atoms with Crippen molar-refractivity contribution in [3.63, 3.8) is 0 Å². The summed E-state index contributed by atoms with van der Waals surface area (Å²) in [6.07, 6.45) is 0. The molecule has 0 saturated carbocycles. The van der Waals surface area contributed by atoms with Gasteiger partial charge >= 0.3 is 5.63 Å². The molecule has 0 amide bonds. The minimum atomic E-state index is -0.882. The lowest BCUT2D eigenvalue weighted by Gasteiger charge is -2.27. The molecule has 3 heterocycles. The monoisotopic (exact) mass is 500 g/mol. The van der Waals surface area contributed by atoms with Crippen molar-refractivity contribution in [1.29, 1.82) is 5.26 Å². The van der Waals surface area contributed by atoms with E-state index in [1.807, 2.05) is 50.2 Å². The second-order valence-electron chi connectivity index (χ2n) is 8.93. The van der Waals surface area contributed by atoms with E-state index in [4.69, 9.17) is 26.5 Å². The molecule has 1 atom stereocenters. The van der Waals surface area contributed by atoms with Crippen molar-refractivity contribution in [2.45, 2.75) is 33.6 Å². The molecular weight excluding hydrogens is 476 g/mol. The lowest BCUT2D eigenvalue weighted by Crippen LogP contribution is -2.27. The number of aromatic nitrogens is 1. The Kier molecular flexibility index (Phi) is 5.85. The summed E-state index contributed by atoms with van der Waals surface area (Å²) in [5.74, 6) is -0.691. The highest BCUT2D eigenvalue weighted by Gasteiger charge is 2.37. The molecule has 0 fully saturated rings. The van der Waals surface area contributed by atoms with Gasteiger partial charge < -0.3 is 19.8 Å². The van der Waals surface area contributed by atoms with Crippen LogP contribution in [0.2, 0.25) is 5.15 Å². The number of fused-ring (bicyclic) bond motifs is 4. The summed E-state index contributed by atoms with van der Waals surface area (Å²) in [6.45, 7) is 9.71. The van der Waals surface area contributed by atoms with E-state index in [0.717, 1.165) is 40.8 Å². The molecule has 2 aromatic heterocycles. The highest BCUT2D eigenvalue weighted by atomic mass is 35.5. The molecule has 1 aliphatic heterocycles. The molecule has 0 bridgehead atoms. The van der Waals surface area contributed by atoms with Crippen LogP contribution in [0.15, 0.2) is 57.1 Å². The molecule has 8 heteroatoms. The maximum Gasteiger partial charge on any atom is 0.344 e. The fourth-order valence-corrected chi connectivity index (χ4v) is 5.28. The molecule has 0 aliphatic carbocycles. The number of hydrogen-bond donors (Lipinski definition) is 1. The van der Waals surface area contributed by atoms with E-state index in [9.17, 15) is 10.1 Å². The van der Waals surface area contributed by atoms with Crippen molar-refractivity contribution in [1.82, 2.24) is 4.98 Å². The van der Waals surface area contributed by atoms with Gasteiger partial charge in [0.25, 0.3) is 0 Å². The predicted octanol–water partition coefficient (Wildman–Crippen LogP) is 5.68. The summed E-state index contributed by atoms with van der Waals surface area (Å²) in [5.41, 5.74) is 10.5. The number of nitrogens with zero attached hydrogens (tertiary/aromatic N) is 3. The zero-order chi connectivity index (χ0) is 25.7. The van der Waals surface area contributed by atoms with Crippen molar-refractivity contribution >= 4 is 39.2 Å². The summed E-state index contributed by atoms with van der Waals surface area (Å²) in [5, 5.41) is 11.6. The van der Waals surface area contributed by atoms with Crippen molar-refractivity contribution in [3.8, 4) is 11.8 Å². The van der Waals surface area contributed by atoms with Crippen LogP contribution in [0.1, 0.15) is 42.0 Å². The van der Waals surface area contributed by atoms with Crippen molar-refractivity contribution in [2.75, 3.05) is 18.0 Å². The van der Waals surface area contributed by atoms with Gasteiger partial charge in [-0.3, -0.25) is 0 Å². The number of pyridine rings is 1. The topological polar surface area (TPSA) is 105 Å². The Morgan fingerprint density at radius 1 is 1.14 bits per heavy atom. The maximum atomic E-state index is 13.4. The number of halogens is 1. The molecular formula is C28H25ClN4O3. The van der Waals surface area contributed by atoms with E-state index in [2.05, 4.69) is 29.8 Å². The number of nitriles is 1. The fraction of sp³-hybridized carbons (Fsp3) is 0.250. The molecule has 4 aromatic rings. The zero-order valence-electron chi connectivity index (χ0n) is 20.5. The van der Waals surface area contributed by atoms with Crippen LogP contribution < -0.4 is 21.0 Å². The Bertz CT molecular complexity index is 1680. The standard InChI is InChI=1S/C28H25ClN4O3/c1-5-33(6-2)16-7-8-17-22(11-16)35-28(34)24-23(20(13-30)27(31)36-25(17)24)19-12-18-15(4)9-14(3)10-21(18)32-26(19)29/h7-12,23H,5-6,31H2,1-4H3/t23-/m1/s1. The number of hydrogen-bond acceptors (Lipinski definition) is 7. The van der Waals surface area contributed by atoms with Gasteiger partial charge in [-0.05, 0) is 63.1 Å². The van der Waals surface area contributed by atoms with E-state index in [0.29, 0.717) is 16.5 Å². The van der Waals surface area contributed by atoms with E-state index < -0.39 is 11.5 Å². The molecule has 0 spiro atoms. The van der Waals surface area contributed by atoms with Crippen molar-refractivity contribution < 1.29 is 9.15 Å². The van der Waals surface area contributed by atoms with Gasteiger partial charge in [0, 0.05) is 35.8 Å². The third-order valence-electron chi connectivity index (χ3n) is 6.76. The van der Waals surface area contributed by atoms with Crippen LogP contribution in [0.4, 0.5) is 5.69 Å². The Morgan fingerprint density at radius 3 is 2.58 bits per heavy atom. The highest BCUT2D eigenvalue weighted by Crippen LogP contribution is 2.46. The molecule has 1 aliphatic rings. The predicted molar refractivity (Wildman–Crippen MR) is 142 cm³/mol. The second-order valence-corrected chi connectivity index (χ2v) is 9.28. The van der Waals surface area contributed by atoms with Gasteiger partial charge in [0.2, 0.25) is 5.88 Å². The number of rotatable bonds is 4. The van der Waals surface area contributed by atoms with Gasteiger partial charge in [-0.1, -0.05) is 17.7 Å². The third-order valence-corrected chi connectivity index (χ3v) is 7.06. The van der Waals surface area contributed by atoms with E-state index in [-0.39, 0.29) is 27.9 Å². The first-order valence-electron chi connectivity index (χ1n) is 11.8. The molecule has 36 heavy (non-hydrogen) atoms. The molecule has 0 unspecified atom stereocenters. The van der Waals surface area contributed by atoms with Gasteiger partial charge in [-0.25, -0.2) is 9.78 Å². The minimum absolute atomic E-state index is 0.0773. The lowest BCUT2D eigenvalue weighted by molar-refractivity contribution is 0.388. The maximum absolute atomic E-state index is 13.4. The van der Waals surface area contributed by atoms with Gasteiger partial charge in [0.15, 0.2) is 5.75 Å². The fourth-order valence-electron chi connectivity index (χ4n) is 5.03. The van der Waals surface area contributed by atoms with Gasteiger partial charge in [-0.2, -0.15) is 5.26 Å². The molecule has 0 saturated heterocycles. The second kappa shape index (κ2) is 8.89. The van der Waals surface area contributed by atoms with Crippen molar-refractivity contribution in [2.24, 2.45) is 5.73 Å². The SMILES string of the molecule is CCN(CC)c1ccc2c3c(c(=O)oc2c1)[C@H](c1cc2c(C)cc(C)cc2nc1Cl)C(C#N)=C(N)O3. The first-order valence-corrected chi connectivity index (χ1v) is 12.2. The van der Waals surface area contributed by atoms with E-state index >= 15 is 0 Å². The summed E-state index contributed by atoms with van der Waals surface area (Å²) < 4.78 is 11.7. The lowest BCUT2D eigenvalue weighted by atomic mass is 9.83. The third kappa shape index (κ3) is 3.66. The van der Waals surface area contributed by atoms with Gasteiger partial charge in [0.05, 0.1) is 22.4 Å². The minimum Gasteiger partial charge on any atom is -0.439 e. The molecule has 182 valence electrons. The number of aryl methyl sites for hydroxylation is 2. The number of allylic oxidation sites excluding steroid dienone is 1. The van der Waals surface area contributed by atoms with E-state index in [1.165, 1.54) is 0 Å². The van der Waals surface area contributed by atoms with Crippen LogP contribution in [-0.2, 0) is 0 Å². The van der Waals surface area contributed by atoms with Crippen molar-refractivity contribution in [3.05, 3.63) is 85.7 Å².